The summed E-state index contributed by atoms with van der Waals surface area (Å²) in [5.74, 6) is 0.805. The molecule has 2 aromatic carbocycles. The minimum atomic E-state index is 0.0507. The third-order valence-electron chi connectivity index (χ3n) is 4.06. The fraction of sp³-hybridized carbons (Fsp3) is 0.238. The third kappa shape index (κ3) is 3.83. The number of hydrogen-bond donors (Lipinski definition) is 0. The van der Waals surface area contributed by atoms with E-state index in [1.165, 1.54) is 0 Å². The molecule has 0 aliphatic carbocycles. The first-order chi connectivity index (χ1) is 12.6. The highest BCUT2D eigenvalue weighted by molar-refractivity contribution is 7.99. The molecule has 0 aliphatic rings. The van der Waals surface area contributed by atoms with Gasteiger partial charge in [-0.25, -0.2) is 4.98 Å². The van der Waals surface area contributed by atoms with Crippen molar-refractivity contribution in [2.24, 2.45) is 0 Å². The van der Waals surface area contributed by atoms with Gasteiger partial charge in [0.1, 0.15) is 6.54 Å². The van der Waals surface area contributed by atoms with Gasteiger partial charge in [0.15, 0.2) is 5.16 Å². The average Bonchev–Trinajstić information content (AvgIpc) is 2.98. The van der Waals surface area contributed by atoms with Gasteiger partial charge in [0.25, 0.3) is 0 Å². The summed E-state index contributed by atoms with van der Waals surface area (Å²) in [6, 6.07) is 17.8. The number of thioether (sulfide) groups is 1. The number of nitrogens with zero attached hydrogens (tertiary/aromatic N) is 3. The number of carbonyl (C=O) groups excluding carboxylic acids is 1. The topological polar surface area (TPSA) is 38.1 Å². The van der Waals surface area contributed by atoms with Gasteiger partial charge < -0.3 is 9.47 Å². The highest BCUT2D eigenvalue weighted by atomic mass is 32.2. The molecule has 0 radical (unpaired) electrons. The molecule has 1 aromatic heterocycles. The highest BCUT2D eigenvalue weighted by Crippen LogP contribution is 2.25. The van der Waals surface area contributed by atoms with Crippen molar-refractivity contribution in [1.82, 2.24) is 9.55 Å². The Morgan fingerprint density at radius 2 is 1.88 bits per heavy atom. The van der Waals surface area contributed by atoms with E-state index < -0.39 is 0 Å². The van der Waals surface area contributed by atoms with E-state index in [1.807, 2.05) is 84.0 Å². The molecule has 3 rings (SSSR count). The van der Waals surface area contributed by atoms with Crippen molar-refractivity contribution in [1.29, 1.82) is 0 Å². The predicted octanol–water partition coefficient (Wildman–Crippen LogP) is 4.76. The zero-order valence-electron chi connectivity index (χ0n) is 15.1. The van der Waals surface area contributed by atoms with Crippen LogP contribution in [0.3, 0.4) is 0 Å². The molecule has 26 heavy (non-hydrogen) atoms. The number of imidazole rings is 1. The van der Waals surface area contributed by atoms with Gasteiger partial charge in [0.05, 0.1) is 11.0 Å². The van der Waals surface area contributed by atoms with E-state index in [2.05, 4.69) is 11.6 Å². The van der Waals surface area contributed by atoms with Gasteiger partial charge in [-0.3, -0.25) is 4.79 Å². The second-order valence-electron chi connectivity index (χ2n) is 6.26. The molecule has 0 saturated carbocycles. The molecule has 3 aromatic rings. The monoisotopic (exact) mass is 365 g/mol. The summed E-state index contributed by atoms with van der Waals surface area (Å²) in [5.41, 5.74) is 2.80. The van der Waals surface area contributed by atoms with Gasteiger partial charge in [-0.05, 0) is 38.1 Å². The molecule has 4 nitrogen and oxygen atoms in total. The SMILES string of the molecule is C=CCSc1nc2ccccc2n1CC(=O)N(c1ccccc1)C(C)C. The van der Waals surface area contributed by atoms with Crippen molar-refractivity contribution in [3.8, 4) is 0 Å². The summed E-state index contributed by atoms with van der Waals surface area (Å²) in [6.45, 7) is 8.10. The third-order valence-corrected chi connectivity index (χ3v) is 5.03. The summed E-state index contributed by atoms with van der Waals surface area (Å²) in [6.07, 6.45) is 1.85. The Morgan fingerprint density at radius 3 is 2.58 bits per heavy atom. The predicted molar refractivity (Wildman–Crippen MR) is 110 cm³/mol. The fourth-order valence-electron chi connectivity index (χ4n) is 2.98. The highest BCUT2D eigenvalue weighted by Gasteiger charge is 2.21. The normalized spacial score (nSPS) is 11.0. The molecule has 0 N–H and O–H groups in total. The van der Waals surface area contributed by atoms with E-state index in [9.17, 15) is 4.79 Å². The van der Waals surface area contributed by atoms with Crippen LogP contribution < -0.4 is 4.90 Å². The number of fused-ring (bicyclic) bond motifs is 1. The Kier molecular flexibility index (Phi) is 5.78. The maximum Gasteiger partial charge on any atom is 0.247 e. The lowest BCUT2D eigenvalue weighted by molar-refractivity contribution is -0.119. The molecule has 0 fully saturated rings. The van der Waals surface area contributed by atoms with Crippen LogP contribution in [-0.4, -0.2) is 27.3 Å². The van der Waals surface area contributed by atoms with Crippen LogP contribution in [0.1, 0.15) is 13.8 Å². The number of amides is 1. The molecule has 134 valence electrons. The van der Waals surface area contributed by atoms with Crippen molar-refractivity contribution in [2.45, 2.75) is 31.6 Å². The van der Waals surface area contributed by atoms with E-state index in [1.54, 1.807) is 11.8 Å². The quantitative estimate of drug-likeness (QED) is 0.448. The van der Waals surface area contributed by atoms with Crippen LogP contribution >= 0.6 is 11.8 Å². The summed E-state index contributed by atoms with van der Waals surface area (Å²) in [4.78, 5) is 19.7. The smallest absolute Gasteiger partial charge is 0.247 e. The lowest BCUT2D eigenvalue weighted by atomic mass is 10.2. The van der Waals surface area contributed by atoms with Crippen LogP contribution in [0.15, 0.2) is 72.4 Å². The van der Waals surface area contributed by atoms with Gasteiger partial charge in [-0.2, -0.15) is 0 Å². The number of benzene rings is 2. The van der Waals surface area contributed by atoms with Gasteiger partial charge in [-0.15, -0.1) is 6.58 Å². The lowest BCUT2D eigenvalue weighted by Gasteiger charge is -2.27. The first-order valence-electron chi connectivity index (χ1n) is 8.68. The zero-order chi connectivity index (χ0) is 18.5. The number of rotatable bonds is 7. The first kappa shape index (κ1) is 18.3. The van der Waals surface area contributed by atoms with E-state index >= 15 is 0 Å². The molecular weight excluding hydrogens is 342 g/mol. The number of carbonyl (C=O) groups is 1. The number of para-hydroxylation sites is 3. The molecule has 0 spiro atoms. The molecule has 5 heteroatoms. The Hall–Kier alpha value is -2.53. The Bertz CT molecular complexity index is 902. The number of anilines is 1. The molecule has 0 atom stereocenters. The average molecular weight is 366 g/mol. The number of aromatic nitrogens is 2. The summed E-state index contributed by atoms with van der Waals surface area (Å²) < 4.78 is 2.00. The molecular formula is C21H23N3OS. The molecule has 0 aliphatic heterocycles. The van der Waals surface area contributed by atoms with E-state index in [0.29, 0.717) is 0 Å². The van der Waals surface area contributed by atoms with Crippen LogP contribution in [0.5, 0.6) is 0 Å². The van der Waals surface area contributed by atoms with E-state index in [4.69, 9.17) is 0 Å². The Balaban J connectivity index is 1.96. The van der Waals surface area contributed by atoms with Crippen molar-refractivity contribution < 1.29 is 4.79 Å². The molecule has 1 heterocycles. The van der Waals surface area contributed by atoms with Crippen molar-refractivity contribution in [2.75, 3.05) is 10.7 Å². The first-order valence-corrected chi connectivity index (χ1v) is 9.66. The fourth-order valence-corrected chi connectivity index (χ4v) is 3.73. The summed E-state index contributed by atoms with van der Waals surface area (Å²) in [5, 5.41) is 0.844. The second kappa shape index (κ2) is 8.23. The van der Waals surface area contributed by atoms with Crippen molar-refractivity contribution in [3.05, 3.63) is 67.3 Å². The number of hydrogen-bond acceptors (Lipinski definition) is 3. The van der Waals surface area contributed by atoms with Gasteiger partial charge in [0.2, 0.25) is 5.91 Å². The molecule has 1 amide bonds. The minimum absolute atomic E-state index is 0.0507. The maximum absolute atomic E-state index is 13.2. The second-order valence-corrected chi connectivity index (χ2v) is 7.25. The van der Waals surface area contributed by atoms with Crippen LogP contribution in [-0.2, 0) is 11.3 Å². The summed E-state index contributed by atoms with van der Waals surface area (Å²) in [7, 11) is 0. The molecule has 0 unspecified atom stereocenters. The Labute approximate surface area is 158 Å². The van der Waals surface area contributed by atoms with Gasteiger partial charge in [-0.1, -0.05) is 48.2 Å². The largest absolute Gasteiger partial charge is 0.309 e. The molecule has 0 bridgehead atoms. The lowest BCUT2D eigenvalue weighted by Crippen LogP contribution is -2.39. The van der Waals surface area contributed by atoms with E-state index in [0.717, 1.165) is 27.6 Å². The van der Waals surface area contributed by atoms with Crippen LogP contribution in [0.2, 0.25) is 0 Å². The summed E-state index contributed by atoms with van der Waals surface area (Å²) >= 11 is 1.59. The molecule has 0 saturated heterocycles. The van der Waals surface area contributed by atoms with E-state index in [-0.39, 0.29) is 18.5 Å². The zero-order valence-corrected chi connectivity index (χ0v) is 15.9. The van der Waals surface area contributed by atoms with Gasteiger partial charge >= 0.3 is 0 Å². The maximum atomic E-state index is 13.2. The van der Waals surface area contributed by atoms with Crippen molar-refractivity contribution >= 4 is 34.4 Å². The Morgan fingerprint density at radius 1 is 1.19 bits per heavy atom. The van der Waals surface area contributed by atoms with Crippen LogP contribution in [0.4, 0.5) is 5.69 Å². The minimum Gasteiger partial charge on any atom is -0.309 e. The van der Waals surface area contributed by atoms with Crippen LogP contribution in [0, 0.1) is 0 Å². The van der Waals surface area contributed by atoms with Crippen molar-refractivity contribution in [3.63, 3.8) is 0 Å². The van der Waals surface area contributed by atoms with Gasteiger partial charge in [0, 0.05) is 17.5 Å². The van der Waals surface area contributed by atoms with Crippen LogP contribution in [0.25, 0.3) is 11.0 Å². The standard InChI is InChI=1S/C21H23N3OS/c1-4-14-26-21-22-18-12-8-9-13-19(18)23(21)15-20(25)24(16(2)3)17-10-6-5-7-11-17/h4-13,16H,1,14-15H2,2-3H3.